The summed E-state index contributed by atoms with van der Waals surface area (Å²) in [7, 11) is 0. The van der Waals surface area contributed by atoms with Gasteiger partial charge in [-0.1, -0.05) is 36.4 Å². The number of carbonyl (C=O) groups is 2. The Morgan fingerprint density at radius 2 is 1.74 bits per heavy atom. The van der Waals surface area contributed by atoms with E-state index in [9.17, 15) is 14.7 Å². The van der Waals surface area contributed by atoms with Crippen LogP contribution in [0.2, 0.25) is 0 Å². The number of pyridine rings is 1. The van der Waals surface area contributed by atoms with Crippen LogP contribution in [0.1, 0.15) is 28.5 Å². The molecule has 1 N–H and O–H groups in total. The molecule has 0 saturated carbocycles. The predicted octanol–water partition coefficient (Wildman–Crippen LogP) is 4.31. The van der Waals surface area contributed by atoms with Gasteiger partial charge in [0, 0.05) is 18.8 Å². The normalized spacial score (nSPS) is 10.4. The first-order chi connectivity index (χ1) is 13.0. The molecule has 0 aliphatic heterocycles. The summed E-state index contributed by atoms with van der Waals surface area (Å²) in [5.74, 6) is -1.13. The molecule has 5 nitrogen and oxygen atoms in total. The Balaban J connectivity index is 2.13. The molecule has 2 aromatic carbocycles. The first-order valence-electron chi connectivity index (χ1n) is 8.58. The maximum Gasteiger partial charge on any atom is 0.336 e. The molecule has 0 bridgehead atoms. The number of carbonyl (C=O) groups excluding carboxylic acids is 1. The molecule has 0 aliphatic rings. The summed E-state index contributed by atoms with van der Waals surface area (Å²) in [6.45, 7) is 3.56. The van der Waals surface area contributed by atoms with Gasteiger partial charge in [0.25, 0.3) is 0 Å². The fraction of sp³-hybridized carbons (Fsp3) is 0.136. The van der Waals surface area contributed by atoms with E-state index in [0.717, 1.165) is 11.3 Å². The third kappa shape index (κ3) is 4.03. The van der Waals surface area contributed by atoms with E-state index >= 15 is 0 Å². The third-order valence-electron chi connectivity index (χ3n) is 4.36. The maximum atomic E-state index is 12.3. The SMILES string of the molecule is CC(=O)N(Cc1ccccn1)c1cc(C)c(C(=O)O)c(-c2ccccc2)c1. The highest BCUT2D eigenvalue weighted by Gasteiger charge is 2.20. The second-order valence-electron chi connectivity index (χ2n) is 6.28. The van der Waals surface area contributed by atoms with Crippen molar-refractivity contribution >= 4 is 17.6 Å². The predicted molar refractivity (Wildman–Crippen MR) is 105 cm³/mol. The third-order valence-corrected chi connectivity index (χ3v) is 4.36. The number of anilines is 1. The Morgan fingerprint density at radius 3 is 2.33 bits per heavy atom. The van der Waals surface area contributed by atoms with Gasteiger partial charge in [0.2, 0.25) is 5.91 Å². The number of aryl methyl sites for hydroxylation is 1. The Hall–Kier alpha value is -3.47. The molecule has 0 atom stereocenters. The zero-order valence-corrected chi connectivity index (χ0v) is 15.2. The molecule has 1 heterocycles. The van der Waals surface area contributed by atoms with E-state index in [1.54, 1.807) is 30.2 Å². The van der Waals surface area contributed by atoms with Crippen LogP contribution in [0.15, 0.2) is 66.9 Å². The van der Waals surface area contributed by atoms with Crippen molar-refractivity contribution in [3.63, 3.8) is 0 Å². The lowest BCUT2D eigenvalue weighted by Gasteiger charge is -2.23. The van der Waals surface area contributed by atoms with Crippen LogP contribution in [-0.4, -0.2) is 22.0 Å². The van der Waals surface area contributed by atoms with Gasteiger partial charge in [-0.25, -0.2) is 4.79 Å². The molecule has 136 valence electrons. The quantitative estimate of drug-likeness (QED) is 0.736. The molecule has 0 spiro atoms. The molecular formula is C22H20N2O3. The second kappa shape index (κ2) is 7.83. The standard InChI is InChI=1S/C22H20N2O3/c1-15-12-19(24(16(2)25)14-18-10-6-7-11-23-18)13-20(21(15)22(26)27)17-8-4-3-5-9-17/h3-13H,14H2,1-2H3,(H,26,27). The smallest absolute Gasteiger partial charge is 0.336 e. The average Bonchev–Trinajstić information content (AvgIpc) is 2.66. The van der Waals surface area contributed by atoms with Crippen LogP contribution in [0.5, 0.6) is 0 Å². The monoisotopic (exact) mass is 360 g/mol. The van der Waals surface area contributed by atoms with Gasteiger partial charge in [-0.05, 0) is 47.9 Å². The number of rotatable bonds is 5. The number of carboxylic acid groups (broad SMARTS) is 1. The highest BCUT2D eigenvalue weighted by atomic mass is 16.4. The summed E-state index contributed by atoms with van der Waals surface area (Å²) in [4.78, 5) is 30.0. The van der Waals surface area contributed by atoms with Crippen LogP contribution in [0, 0.1) is 6.92 Å². The minimum Gasteiger partial charge on any atom is -0.478 e. The molecule has 0 aliphatic carbocycles. The largest absolute Gasteiger partial charge is 0.478 e. The van der Waals surface area contributed by atoms with Gasteiger partial charge in [0.05, 0.1) is 17.8 Å². The van der Waals surface area contributed by atoms with Gasteiger partial charge >= 0.3 is 5.97 Å². The topological polar surface area (TPSA) is 70.5 Å². The number of aromatic nitrogens is 1. The molecule has 0 radical (unpaired) electrons. The van der Waals surface area contributed by atoms with Gasteiger partial charge in [0.15, 0.2) is 0 Å². The van der Waals surface area contributed by atoms with E-state index in [4.69, 9.17) is 0 Å². The minimum atomic E-state index is -0.989. The first-order valence-corrected chi connectivity index (χ1v) is 8.58. The van der Waals surface area contributed by atoms with Crippen molar-refractivity contribution in [3.05, 3.63) is 83.7 Å². The van der Waals surface area contributed by atoms with Crippen molar-refractivity contribution < 1.29 is 14.7 Å². The van der Waals surface area contributed by atoms with Crippen molar-refractivity contribution in [3.8, 4) is 11.1 Å². The van der Waals surface area contributed by atoms with Crippen LogP contribution in [0.3, 0.4) is 0 Å². The Bertz CT molecular complexity index is 970. The van der Waals surface area contributed by atoms with Crippen LogP contribution >= 0.6 is 0 Å². The molecular weight excluding hydrogens is 340 g/mol. The molecule has 27 heavy (non-hydrogen) atoms. The first kappa shape index (κ1) is 18.3. The van der Waals surface area contributed by atoms with Crippen LogP contribution in [0.4, 0.5) is 5.69 Å². The van der Waals surface area contributed by atoms with Crippen molar-refractivity contribution in [2.75, 3.05) is 4.90 Å². The number of benzene rings is 2. The van der Waals surface area contributed by atoms with Crippen LogP contribution in [-0.2, 0) is 11.3 Å². The van der Waals surface area contributed by atoms with Crippen molar-refractivity contribution in [1.29, 1.82) is 0 Å². The van der Waals surface area contributed by atoms with E-state index in [-0.39, 0.29) is 11.5 Å². The summed E-state index contributed by atoms with van der Waals surface area (Å²) in [6, 6.07) is 18.4. The minimum absolute atomic E-state index is 0.137. The molecule has 5 heteroatoms. The number of nitrogens with zero attached hydrogens (tertiary/aromatic N) is 2. The highest BCUT2D eigenvalue weighted by molar-refractivity contribution is 6.00. The number of amides is 1. The van der Waals surface area contributed by atoms with Crippen LogP contribution < -0.4 is 4.90 Å². The molecule has 1 amide bonds. The van der Waals surface area contributed by atoms with Crippen molar-refractivity contribution in [2.45, 2.75) is 20.4 Å². The highest BCUT2D eigenvalue weighted by Crippen LogP contribution is 2.32. The number of carboxylic acids is 1. The van der Waals surface area contributed by atoms with E-state index in [1.807, 2.05) is 48.5 Å². The van der Waals surface area contributed by atoms with E-state index in [2.05, 4.69) is 4.98 Å². The van der Waals surface area contributed by atoms with Crippen molar-refractivity contribution in [2.24, 2.45) is 0 Å². The zero-order chi connectivity index (χ0) is 19.4. The lowest BCUT2D eigenvalue weighted by atomic mass is 9.94. The van der Waals surface area contributed by atoms with Gasteiger partial charge in [-0.15, -0.1) is 0 Å². The number of hydrogen-bond acceptors (Lipinski definition) is 3. The summed E-state index contributed by atoms with van der Waals surface area (Å²) in [5.41, 5.74) is 3.63. The van der Waals surface area contributed by atoms with Gasteiger partial charge in [-0.3, -0.25) is 9.78 Å². The van der Waals surface area contributed by atoms with Gasteiger partial charge in [-0.2, -0.15) is 0 Å². The lowest BCUT2D eigenvalue weighted by Crippen LogP contribution is -2.28. The maximum absolute atomic E-state index is 12.3. The van der Waals surface area contributed by atoms with Crippen LogP contribution in [0.25, 0.3) is 11.1 Å². The molecule has 3 rings (SSSR count). The molecule has 0 saturated heterocycles. The zero-order valence-electron chi connectivity index (χ0n) is 15.2. The fourth-order valence-corrected chi connectivity index (χ4v) is 3.09. The lowest BCUT2D eigenvalue weighted by molar-refractivity contribution is -0.116. The van der Waals surface area contributed by atoms with E-state index < -0.39 is 5.97 Å². The number of hydrogen-bond donors (Lipinski definition) is 1. The number of aromatic carboxylic acids is 1. The Labute approximate surface area is 157 Å². The Kier molecular flexibility index (Phi) is 5.31. The molecule has 0 unspecified atom stereocenters. The molecule has 1 aromatic heterocycles. The fourth-order valence-electron chi connectivity index (χ4n) is 3.09. The van der Waals surface area contributed by atoms with E-state index in [1.165, 1.54) is 6.92 Å². The van der Waals surface area contributed by atoms with Gasteiger partial charge in [0.1, 0.15) is 0 Å². The van der Waals surface area contributed by atoms with Gasteiger partial charge < -0.3 is 10.0 Å². The summed E-state index contributed by atoms with van der Waals surface area (Å²) in [5, 5.41) is 9.69. The van der Waals surface area contributed by atoms with Crippen molar-refractivity contribution in [1.82, 2.24) is 4.98 Å². The summed E-state index contributed by atoms with van der Waals surface area (Å²) in [6.07, 6.45) is 1.68. The van der Waals surface area contributed by atoms with E-state index in [0.29, 0.717) is 23.4 Å². The molecule has 3 aromatic rings. The molecule has 0 fully saturated rings. The average molecular weight is 360 g/mol. The summed E-state index contributed by atoms with van der Waals surface area (Å²) < 4.78 is 0. The Morgan fingerprint density at radius 1 is 1.04 bits per heavy atom. The summed E-state index contributed by atoms with van der Waals surface area (Å²) >= 11 is 0. The second-order valence-corrected chi connectivity index (χ2v) is 6.28.